The molecule has 2 aromatic carbocycles. The molecule has 0 saturated heterocycles. The largest absolute Gasteiger partial charge is 0.497 e. The zero-order valence-electron chi connectivity index (χ0n) is 12.8. The number of benzene rings is 2. The molecule has 4 rings (SSSR count). The molecule has 0 amide bonds. The molecule has 0 radical (unpaired) electrons. The predicted octanol–water partition coefficient (Wildman–Crippen LogP) is 5.55. The van der Waals surface area contributed by atoms with Crippen LogP contribution in [0.1, 0.15) is 12.6 Å². The summed E-state index contributed by atoms with van der Waals surface area (Å²) in [5.41, 5.74) is 4.67. The average Bonchev–Trinajstić information content (AvgIpc) is 3.10. The molecule has 3 nitrogen and oxygen atoms in total. The van der Waals surface area contributed by atoms with Gasteiger partial charge in [-0.25, -0.2) is 4.98 Å². The summed E-state index contributed by atoms with van der Waals surface area (Å²) in [5, 5.41) is 0. The van der Waals surface area contributed by atoms with E-state index in [0.717, 1.165) is 32.9 Å². The topological polar surface area (TPSA) is 26.5 Å². The van der Waals surface area contributed by atoms with Crippen LogP contribution >= 0.6 is 27.3 Å². The summed E-state index contributed by atoms with van der Waals surface area (Å²) in [6.45, 7) is 2.18. The van der Waals surface area contributed by atoms with Crippen LogP contribution in [-0.2, 0) is 6.42 Å². The van der Waals surface area contributed by atoms with Crippen molar-refractivity contribution in [2.45, 2.75) is 13.3 Å². The summed E-state index contributed by atoms with van der Waals surface area (Å²) < 4.78 is 9.88. The Morgan fingerprint density at radius 2 is 1.96 bits per heavy atom. The number of rotatable bonds is 3. The SMILES string of the molecule is CCc1c(-c2ccc(Br)cc2)nc2sc3cc(OC)ccc3n12. The first-order chi connectivity index (χ1) is 11.2. The highest BCUT2D eigenvalue weighted by Crippen LogP contribution is 2.35. The molecule has 0 fully saturated rings. The number of fused-ring (bicyclic) bond motifs is 3. The molecule has 0 bridgehead atoms. The van der Waals surface area contributed by atoms with Gasteiger partial charge in [0.1, 0.15) is 5.75 Å². The molecule has 0 aliphatic rings. The number of hydrogen-bond acceptors (Lipinski definition) is 3. The predicted molar refractivity (Wildman–Crippen MR) is 99.6 cm³/mol. The van der Waals surface area contributed by atoms with Crippen LogP contribution in [0.3, 0.4) is 0 Å². The number of methoxy groups -OCH3 is 1. The van der Waals surface area contributed by atoms with E-state index in [1.807, 2.05) is 6.07 Å². The lowest BCUT2D eigenvalue weighted by atomic mass is 10.1. The van der Waals surface area contributed by atoms with Gasteiger partial charge in [0.25, 0.3) is 0 Å². The van der Waals surface area contributed by atoms with Crippen molar-refractivity contribution in [1.82, 2.24) is 9.38 Å². The summed E-state index contributed by atoms with van der Waals surface area (Å²) in [6.07, 6.45) is 0.935. The van der Waals surface area contributed by atoms with E-state index in [9.17, 15) is 0 Å². The molecule has 0 saturated carbocycles. The molecule has 0 aliphatic heterocycles. The van der Waals surface area contributed by atoms with Crippen molar-refractivity contribution in [1.29, 1.82) is 0 Å². The van der Waals surface area contributed by atoms with Gasteiger partial charge in [-0.2, -0.15) is 0 Å². The van der Waals surface area contributed by atoms with Crippen LogP contribution in [0.4, 0.5) is 0 Å². The molecule has 0 N–H and O–H groups in total. The van der Waals surface area contributed by atoms with Gasteiger partial charge in [0.05, 0.1) is 28.7 Å². The van der Waals surface area contributed by atoms with E-state index in [0.29, 0.717) is 0 Å². The number of imidazole rings is 1. The maximum Gasteiger partial charge on any atom is 0.195 e. The minimum absolute atomic E-state index is 0.883. The monoisotopic (exact) mass is 386 g/mol. The van der Waals surface area contributed by atoms with Crippen LogP contribution in [0, 0.1) is 0 Å². The van der Waals surface area contributed by atoms with Crippen LogP contribution in [-0.4, -0.2) is 16.5 Å². The molecule has 116 valence electrons. The molecule has 4 aromatic rings. The summed E-state index contributed by atoms with van der Waals surface area (Å²) in [7, 11) is 1.70. The Balaban J connectivity index is 1.98. The third kappa shape index (κ3) is 2.35. The first-order valence-corrected chi connectivity index (χ1v) is 9.06. The van der Waals surface area contributed by atoms with Gasteiger partial charge >= 0.3 is 0 Å². The van der Waals surface area contributed by atoms with Crippen LogP contribution < -0.4 is 4.74 Å². The van der Waals surface area contributed by atoms with Gasteiger partial charge in [-0.05, 0) is 36.8 Å². The standard InChI is InChI=1S/C18H15BrN2OS/c1-3-14-17(11-4-6-12(19)7-5-11)20-18-21(14)15-9-8-13(22-2)10-16(15)23-18/h4-10H,3H2,1-2H3. The van der Waals surface area contributed by atoms with E-state index < -0.39 is 0 Å². The fraction of sp³-hybridized carbons (Fsp3) is 0.167. The summed E-state index contributed by atoms with van der Waals surface area (Å²) in [5.74, 6) is 0.883. The quantitative estimate of drug-likeness (QED) is 0.461. The van der Waals surface area contributed by atoms with Crippen LogP contribution in [0.15, 0.2) is 46.9 Å². The normalized spacial score (nSPS) is 11.4. The first-order valence-electron chi connectivity index (χ1n) is 7.45. The second-order valence-corrected chi connectivity index (χ2v) is 7.25. The molecule has 0 spiro atoms. The number of hydrogen-bond donors (Lipinski definition) is 0. The van der Waals surface area contributed by atoms with Crippen molar-refractivity contribution in [2.24, 2.45) is 0 Å². The van der Waals surface area contributed by atoms with Gasteiger partial charge in [0, 0.05) is 10.0 Å². The Hall–Kier alpha value is -1.85. The third-order valence-corrected chi connectivity index (χ3v) is 5.54. The number of aryl methyl sites for hydroxylation is 1. The van der Waals surface area contributed by atoms with Crippen molar-refractivity contribution < 1.29 is 4.74 Å². The maximum atomic E-state index is 5.33. The van der Waals surface area contributed by atoms with Gasteiger partial charge in [0.2, 0.25) is 0 Å². The second kappa shape index (κ2) is 5.65. The Kier molecular flexibility index (Phi) is 3.62. The van der Waals surface area contributed by atoms with Crippen molar-refractivity contribution in [3.05, 3.63) is 52.6 Å². The lowest BCUT2D eigenvalue weighted by Crippen LogP contribution is -1.92. The summed E-state index contributed by atoms with van der Waals surface area (Å²) >= 11 is 5.19. The Morgan fingerprint density at radius 3 is 2.65 bits per heavy atom. The molecule has 23 heavy (non-hydrogen) atoms. The molecule has 2 aromatic heterocycles. The van der Waals surface area contributed by atoms with Crippen molar-refractivity contribution in [2.75, 3.05) is 7.11 Å². The fourth-order valence-electron chi connectivity index (χ4n) is 2.90. The van der Waals surface area contributed by atoms with Gasteiger partial charge in [0.15, 0.2) is 4.96 Å². The molecule has 5 heteroatoms. The Morgan fingerprint density at radius 1 is 1.17 bits per heavy atom. The molecular weight excluding hydrogens is 372 g/mol. The van der Waals surface area contributed by atoms with E-state index >= 15 is 0 Å². The average molecular weight is 387 g/mol. The number of ether oxygens (including phenoxy) is 1. The number of nitrogens with zero attached hydrogens (tertiary/aromatic N) is 2. The highest BCUT2D eigenvalue weighted by atomic mass is 79.9. The van der Waals surface area contributed by atoms with Crippen LogP contribution in [0.5, 0.6) is 5.75 Å². The summed E-state index contributed by atoms with van der Waals surface area (Å²) in [6, 6.07) is 14.5. The second-order valence-electron chi connectivity index (χ2n) is 5.32. The lowest BCUT2D eigenvalue weighted by molar-refractivity contribution is 0.415. The van der Waals surface area contributed by atoms with Crippen LogP contribution in [0.25, 0.3) is 26.4 Å². The zero-order chi connectivity index (χ0) is 16.0. The first kappa shape index (κ1) is 14.7. The van der Waals surface area contributed by atoms with E-state index in [-0.39, 0.29) is 0 Å². The minimum Gasteiger partial charge on any atom is -0.497 e. The van der Waals surface area contributed by atoms with E-state index in [1.54, 1.807) is 18.4 Å². The highest BCUT2D eigenvalue weighted by Gasteiger charge is 2.17. The number of thiazole rings is 1. The van der Waals surface area contributed by atoms with Crippen molar-refractivity contribution >= 4 is 42.4 Å². The summed E-state index contributed by atoms with van der Waals surface area (Å²) in [4.78, 5) is 5.93. The maximum absolute atomic E-state index is 5.33. The van der Waals surface area contributed by atoms with Crippen molar-refractivity contribution in [3.8, 4) is 17.0 Å². The molecule has 0 atom stereocenters. The molecule has 0 aliphatic carbocycles. The van der Waals surface area contributed by atoms with Gasteiger partial charge < -0.3 is 4.74 Å². The molecule has 0 unspecified atom stereocenters. The Bertz CT molecular complexity index is 1000. The van der Waals surface area contributed by atoms with Crippen LogP contribution in [0.2, 0.25) is 0 Å². The lowest BCUT2D eigenvalue weighted by Gasteiger charge is -2.04. The van der Waals surface area contributed by atoms with Gasteiger partial charge in [-0.3, -0.25) is 4.40 Å². The number of halogens is 1. The third-order valence-electron chi connectivity index (χ3n) is 4.00. The highest BCUT2D eigenvalue weighted by molar-refractivity contribution is 9.10. The minimum atomic E-state index is 0.883. The fourth-order valence-corrected chi connectivity index (χ4v) is 4.24. The number of aromatic nitrogens is 2. The van der Waals surface area contributed by atoms with Gasteiger partial charge in [-0.15, -0.1) is 0 Å². The smallest absolute Gasteiger partial charge is 0.195 e. The van der Waals surface area contributed by atoms with Crippen molar-refractivity contribution in [3.63, 3.8) is 0 Å². The zero-order valence-corrected chi connectivity index (χ0v) is 15.2. The van der Waals surface area contributed by atoms with E-state index in [2.05, 4.69) is 63.7 Å². The Labute approximate surface area is 146 Å². The molecule has 2 heterocycles. The van der Waals surface area contributed by atoms with Gasteiger partial charge in [-0.1, -0.05) is 46.3 Å². The van der Waals surface area contributed by atoms with E-state index in [1.165, 1.54) is 15.9 Å². The molecular formula is C18H15BrN2OS. The van der Waals surface area contributed by atoms with E-state index in [4.69, 9.17) is 9.72 Å².